The van der Waals surface area contributed by atoms with Crippen molar-refractivity contribution in [2.75, 3.05) is 5.73 Å². The van der Waals surface area contributed by atoms with Gasteiger partial charge in [-0.15, -0.1) is 11.3 Å². The molecule has 3 heteroatoms. The minimum Gasteiger partial charge on any atom is -0.375 e. The number of hydrogen-bond acceptors (Lipinski definition) is 3. The topological polar surface area (TPSA) is 38.9 Å². The minimum atomic E-state index is 0.640. The summed E-state index contributed by atoms with van der Waals surface area (Å²) >= 11 is 1.49. The molecule has 0 radical (unpaired) electrons. The van der Waals surface area contributed by atoms with Crippen LogP contribution in [0.2, 0.25) is 0 Å². The molecule has 2 nitrogen and oxygen atoms in total. The van der Waals surface area contributed by atoms with E-state index >= 15 is 0 Å². The average molecular weight is 240 g/mol. The molecule has 0 amide bonds. The van der Waals surface area contributed by atoms with Crippen LogP contribution < -0.4 is 5.73 Å². The molecular weight excluding hydrogens is 228 g/mol. The number of fused-ring (bicyclic) bond motifs is 1. The summed E-state index contributed by atoms with van der Waals surface area (Å²) in [5, 5.41) is 5.20. The van der Waals surface area contributed by atoms with E-state index in [4.69, 9.17) is 5.73 Å². The minimum absolute atomic E-state index is 0.640. The number of nitrogens with zero attached hydrogens (tertiary/aromatic N) is 1. The maximum Gasteiger partial charge on any atom is 0.180 e. The highest BCUT2D eigenvalue weighted by Crippen LogP contribution is 2.19. The first-order valence-corrected chi connectivity index (χ1v) is 6.37. The highest BCUT2D eigenvalue weighted by molar-refractivity contribution is 7.13. The van der Waals surface area contributed by atoms with E-state index in [2.05, 4.69) is 47.4 Å². The highest BCUT2D eigenvalue weighted by atomic mass is 32.1. The summed E-state index contributed by atoms with van der Waals surface area (Å²) in [6.07, 6.45) is 0.846. The molecule has 0 spiro atoms. The molecule has 0 unspecified atom stereocenters. The summed E-state index contributed by atoms with van der Waals surface area (Å²) in [6, 6.07) is 14.9. The van der Waals surface area contributed by atoms with Gasteiger partial charge in [-0.25, -0.2) is 4.98 Å². The Morgan fingerprint density at radius 2 is 1.88 bits per heavy atom. The number of aromatic nitrogens is 1. The Balaban J connectivity index is 1.95. The van der Waals surface area contributed by atoms with Gasteiger partial charge in [0.2, 0.25) is 0 Å². The van der Waals surface area contributed by atoms with Crippen molar-refractivity contribution in [1.29, 1.82) is 0 Å². The molecule has 0 saturated carbocycles. The van der Waals surface area contributed by atoms with Gasteiger partial charge in [-0.1, -0.05) is 42.5 Å². The standard InChI is InChI=1S/C14H12N2S/c15-14-16-13(9-17-14)8-10-5-6-11-3-1-2-4-12(11)7-10/h1-7,9H,8H2,(H2,15,16). The highest BCUT2D eigenvalue weighted by Gasteiger charge is 2.01. The molecule has 2 N–H and O–H groups in total. The lowest BCUT2D eigenvalue weighted by Gasteiger charge is -2.01. The number of thiazole rings is 1. The van der Waals surface area contributed by atoms with Gasteiger partial charge in [0.15, 0.2) is 5.13 Å². The van der Waals surface area contributed by atoms with E-state index < -0.39 is 0 Å². The monoisotopic (exact) mass is 240 g/mol. The van der Waals surface area contributed by atoms with E-state index in [-0.39, 0.29) is 0 Å². The molecule has 3 rings (SSSR count). The summed E-state index contributed by atoms with van der Waals surface area (Å²) in [7, 11) is 0. The number of nitrogen functional groups attached to an aromatic ring is 1. The zero-order chi connectivity index (χ0) is 11.7. The summed E-state index contributed by atoms with van der Waals surface area (Å²) in [5.41, 5.74) is 7.95. The molecule has 0 atom stereocenters. The van der Waals surface area contributed by atoms with Gasteiger partial charge in [0.05, 0.1) is 5.69 Å². The molecule has 0 bridgehead atoms. The zero-order valence-corrected chi connectivity index (χ0v) is 10.1. The second kappa shape index (κ2) is 4.18. The van der Waals surface area contributed by atoms with Gasteiger partial charge >= 0.3 is 0 Å². The first kappa shape index (κ1) is 10.3. The molecule has 2 aromatic carbocycles. The Morgan fingerprint density at radius 3 is 2.65 bits per heavy atom. The van der Waals surface area contributed by atoms with Gasteiger partial charge < -0.3 is 5.73 Å². The van der Waals surface area contributed by atoms with Crippen molar-refractivity contribution in [2.24, 2.45) is 0 Å². The molecule has 0 aliphatic rings. The maximum absolute atomic E-state index is 5.63. The second-order valence-electron chi connectivity index (χ2n) is 4.04. The molecule has 84 valence electrons. The van der Waals surface area contributed by atoms with E-state index in [0.29, 0.717) is 5.13 Å². The van der Waals surface area contributed by atoms with Gasteiger partial charge in [-0.05, 0) is 16.3 Å². The van der Waals surface area contributed by atoms with Crippen molar-refractivity contribution >= 4 is 27.2 Å². The Hall–Kier alpha value is -1.87. The molecule has 0 fully saturated rings. The Kier molecular flexibility index (Phi) is 2.53. The largest absolute Gasteiger partial charge is 0.375 e. The van der Waals surface area contributed by atoms with Crippen LogP contribution in [0, 0.1) is 0 Å². The van der Waals surface area contributed by atoms with Crippen LogP contribution in [-0.4, -0.2) is 4.98 Å². The number of anilines is 1. The molecule has 3 aromatic rings. The Labute approximate surface area is 104 Å². The predicted octanol–water partition coefficient (Wildman–Crippen LogP) is 3.47. The van der Waals surface area contributed by atoms with E-state index in [1.165, 1.54) is 27.7 Å². The van der Waals surface area contributed by atoms with Crippen LogP contribution in [-0.2, 0) is 6.42 Å². The molecular formula is C14H12N2S. The predicted molar refractivity (Wildman–Crippen MR) is 73.3 cm³/mol. The molecule has 17 heavy (non-hydrogen) atoms. The third kappa shape index (κ3) is 2.15. The lowest BCUT2D eigenvalue weighted by molar-refractivity contribution is 1.11. The van der Waals surface area contributed by atoms with Crippen LogP contribution >= 0.6 is 11.3 Å². The van der Waals surface area contributed by atoms with Crippen molar-refractivity contribution < 1.29 is 0 Å². The first-order chi connectivity index (χ1) is 8.31. The fraction of sp³-hybridized carbons (Fsp3) is 0.0714. The summed E-state index contributed by atoms with van der Waals surface area (Å²) in [4.78, 5) is 4.28. The Morgan fingerprint density at radius 1 is 1.06 bits per heavy atom. The number of nitrogens with two attached hydrogens (primary N) is 1. The van der Waals surface area contributed by atoms with Gasteiger partial charge in [0.1, 0.15) is 0 Å². The first-order valence-electron chi connectivity index (χ1n) is 5.49. The number of benzene rings is 2. The third-order valence-corrected chi connectivity index (χ3v) is 3.49. The van der Waals surface area contributed by atoms with Crippen LogP contribution in [0.25, 0.3) is 10.8 Å². The zero-order valence-electron chi connectivity index (χ0n) is 9.26. The number of rotatable bonds is 2. The average Bonchev–Trinajstić information content (AvgIpc) is 2.75. The van der Waals surface area contributed by atoms with Gasteiger partial charge in [-0.3, -0.25) is 0 Å². The van der Waals surface area contributed by atoms with Crippen molar-refractivity contribution in [3.05, 3.63) is 59.1 Å². The van der Waals surface area contributed by atoms with Crippen molar-refractivity contribution in [1.82, 2.24) is 4.98 Å². The molecule has 0 saturated heterocycles. The van der Waals surface area contributed by atoms with E-state index in [0.717, 1.165) is 12.1 Å². The quantitative estimate of drug-likeness (QED) is 0.745. The van der Waals surface area contributed by atoms with Crippen LogP contribution in [0.3, 0.4) is 0 Å². The van der Waals surface area contributed by atoms with Gasteiger partial charge in [0, 0.05) is 11.8 Å². The maximum atomic E-state index is 5.63. The summed E-state index contributed by atoms with van der Waals surface area (Å²) in [5.74, 6) is 0. The van der Waals surface area contributed by atoms with E-state index in [9.17, 15) is 0 Å². The van der Waals surface area contributed by atoms with E-state index in [1.807, 2.05) is 5.38 Å². The third-order valence-electron chi connectivity index (χ3n) is 2.77. The summed E-state index contributed by atoms with van der Waals surface area (Å²) in [6.45, 7) is 0. The second-order valence-corrected chi connectivity index (χ2v) is 4.93. The van der Waals surface area contributed by atoms with Gasteiger partial charge in [-0.2, -0.15) is 0 Å². The van der Waals surface area contributed by atoms with Crippen molar-refractivity contribution in [3.63, 3.8) is 0 Å². The Bertz CT molecular complexity index is 658. The lowest BCUT2D eigenvalue weighted by Crippen LogP contribution is -1.90. The van der Waals surface area contributed by atoms with Crippen molar-refractivity contribution in [3.8, 4) is 0 Å². The fourth-order valence-electron chi connectivity index (χ4n) is 1.96. The van der Waals surface area contributed by atoms with Gasteiger partial charge in [0.25, 0.3) is 0 Å². The van der Waals surface area contributed by atoms with Crippen LogP contribution in [0.15, 0.2) is 47.8 Å². The molecule has 0 aliphatic carbocycles. The summed E-state index contributed by atoms with van der Waals surface area (Å²) < 4.78 is 0. The molecule has 1 heterocycles. The smallest absolute Gasteiger partial charge is 0.180 e. The molecule has 0 aliphatic heterocycles. The van der Waals surface area contributed by atoms with Crippen LogP contribution in [0.1, 0.15) is 11.3 Å². The van der Waals surface area contributed by atoms with E-state index in [1.54, 1.807) is 0 Å². The van der Waals surface area contributed by atoms with Crippen molar-refractivity contribution in [2.45, 2.75) is 6.42 Å². The number of hydrogen-bond donors (Lipinski definition) is 1. The lowest BCUT2D eigenvalue weighted by atomic mass is 10.0. The fourth-order valence-corrected chi connectivity index (χ4v) is 2.52. The SMILES string of the molecule is Nc1nc(Cc2ccc3ccccc3c2)cs1. The van der Waals surface area contributed by atoms with Crippen LogP contribution in [0.4, 0.5) is 5.13 Å². The molecule has 1 aromatic heterocycles. The normalized spacial score (nSPS) is 10.8. The van der Waals surface area contributed by atoms with Crippen LogP contribution in [0.5, 0.6) is 0 Å².